The summed E-state index contributed by atoms with van der Waals surface area (Å²) in [6.45, 7) is 6.34. The minimum Gasteiger partial charge on any atom is -0.307 e. The smallest absolute Gasteiger partial charge is 0.160 e. The van der Waals surface area contributed by atoms with Crippen LogP contribution in [0.5, 0.6) is 0 Å². The van der Waals surface area contributed by atoms with Crippen molar-refractivity contribution in [3.8, 4) is 0 Å². The van der Waals surface area contributed by atoms with Gasteiger partial charge >= 0.3 is 0 Å². The maximum atomic E-state index is 6.38. The Morgan fingerprint density at radius 2 is 2.00 bits per heavy atom. The molecule has 0 amide bonds. The normalized spacial score (nSPS) is 24.8. The van der Waals surface area contributed by atoms with Crippen molar-refractivity contribution in [3.05, 3.63) is 23.7 Å². The molecule has 1 aliphatic carbocycles. The van der Waals surface area contributed by atoms with E-state index in [9.17, 15) is 0 Å². The Hall–Kier alpha value is -1.13. The first-order chi connectivity index (χ1) is 10.1. The van der Waals surface area contributed by atoms with Crippen molar-refractivity contribution in [2.45, 2.75) is 50.6 Å². The lowest BCUT2D eigenvalue weighted by molar-refractivity contribution is 0.313. The molecular weight excluding hydrogens is 284 g/mol. The highest BCUT2D eigenvalue weighted by Crippen LogP contribution is 2.36. The molecule has 2 aromatic rings. The highest BCUT2D eigenvalue weighted by atomic mass is 35.5. The van der Waals surface area contributed by atoms with Crippen molar-refractivity contribution in [3.63, 3.8) is 0 Å². The molecule has 0 N–H and O–H groups in total. The van der Waals surface area contributed by atoms with E-state index >= 15 is 0 Å². The fourth-order valence-electron chi connectivity index (χ4n) is 3.48. The van der Waals surface area contributed by atoms with E-state index in [0.29, 0.717) is 6.04 Å². The average Bonchev–Trinajstić information content (AvgIpc) is 3.06. The molecule has 1 saturated carbocycles. The molecule has 1 saturated heterocycles. The third kappa shape index (κ3) is 2.34. The van der Waals surface area contributed by atoms with Crippen LogP contribution in [0.1, 0.15) is 49.1 Å². The number of pyridine rings is 1. The van der Waals surface area contributed by atoms with E-state index in [4.69, 9.17) is 21.6 Å². The molecule has 0 aromatic carbocycles. The van der Waals surface area contributed by atoms with Crippen molar-refractivity contribution < 1.29 is 0 Å². The van der Waals surface area contributed by atoms with Gasteiger partial charge in [0.15, 0.2) is 5.65 Å². The monoisotopic (exact) mass is 304 g/mol. The second-order valence-corrected chi connectivity index (χ2v) is 7.07. The van der Waals surface area contributed by atoms with Gasteiger partial charge in [-0.25, -0.2) is 9.97 Å². The number of rotatable bonds is 3. The number of aryl methyl sites for hydroxylation is 1. The molecule has 1 aliphatic heterocycles. The summed E-state index contributed by atoms with van der Waals surface area (Å²) >= 11 is 6.38. The Morgan fingerprint density at radius 3 is 2.71 bits per heavy atom. The number of likely N-dealkylation sites (tertiary alicyclic amines) is 1. The highest BCUT2D eigenvalue weighted by Gasteiger charge is 2.36. The fourth-order valence-corrected chi connectivity index (χ4v) is 3.63. The van der Waals surface area contributed by atoms with Gasteiger partial charge in [-0.1, -0.05) is 0 Å². The van der Waals surface area contributed by atoms with Crippen LogP contribution in [0.4, 0.5) is 0 Å². The van der Waals surface area contributed by atoms with Gasteiger partial charge in [0, 0.05) is 24.8 Å². The van der Waals surface area contributed by atoms with E-state index in [1.54, 1.807) is 0 Å². The topological polar surface area (TPSA) is 34.0 Å². The van der Waals surface area contributed by atoms with Crippen molar-refractivity contribution in [1.29, 1.82) is 0 Å². The van der Waals surface area contributed by atoms with Gasteiger partial charge in [0.1, 0.15) is 11.3 Å². The van der Waals surface area contributed by atoms with E-state index in [0.717, 1.165) is 35.3 Å². The van der Waals surface area contributed by atoms with Gasteiger partial charge in [-0.3, -0.25) is 4.90 Å². The fraction of sp³-hybridized carbons (Fsp3) is 0.625. The molecule has 4 rings (SSSR count). The summed E-state index contributed by atoms with van der Waals surface area (Å²) in [5, 5.41) is -0.0884. The number of hydrogen-bond donors (Lipinski definition) is 0. The first kappa shape index (κ1) is 13.5. The van der Waals surface area contributed by atoms with Gasteiger partial charge in [-0.05, 0) is 45.2 Å². The van der Waals surface area contributed by atoms with E-state index in [-0.39, 0.29) is 5.38 Å². The second-order valence-electron chi connectivity index (χ2n) is 6.42. The van der Waals surface area contributed by atoms with Crippen LogP contribution in [0.15, 0.2) is 12.1 Å². The van der Waals surface area contributed by atoms with E-state index < -0.39 is 0 Å². The summed E-state index contributed by atoms with van der Waals surface area (Å²) in [5.41, 5.74) is 3.00. The number of halogens is 1. The molecule has 21 heavy (non-hydrogen) atoms. The molecule has 112 valence electrons. The third-order valence-corrected chi connectivity index (χ3v) is 4.88. The first-order valence-electron chi connectivity index (χ1n) is 7.87. The Kier molecular flexibility index (Phi) is 3.19. The van der Waals surface area contributed by atoms with Gasteiger partial charge in [-0.2, -0.15) is 0 Å². The maximum absolute atomic E-state index is 6.38. The quantitative estimate of drug-likeness (QED) is 0.815. The summed E-state index contributed by atoms with van der Waals surface area (Å²) in [4.78, 5) is 12.1. The summed E-state index contributed by atoms with van der Waals surface area (Å²) in [7, 11) is 0. The Labute approximate surface area is 130 Å². The predicted octanol–water partition coefficient (Wildman–Crippen LogP) is 3.45. The molecule has 2 aliphatic rings. The molecule has 0 radical (unpaired) electrons. The maximum Gasteiger partial charge on any atom is 0.160 e. The molecule has 4 nitrogen and oxygen atoms in total. The SMILES string of the molecule is Cc1ccc2nc(C(C)Cl)n(C3CCN(C4CC4)C3)c2n1. The zero-order chi connectivity index (χ0) is 14.6. The van der Waals surface area contributed by atoms with Gasteiger partial charge in [0.05, 0.1) is 11.4 Å². The lowest BCUT2D eigenvalue weighted by atomic mass is 10.2. The van der Waals surface area contributed by atoms with Crippen molar-refractivity contribution in [1.82, 2.24) is 19.4 Å². The van der Waals surface area contributed by atoms with Gasteiger partial charge in [-0.15, -0.1) is 11.6 Å². The largest absolute Gasteiger partial charge is 0.307 e. The second kappa shape index (κ2) is 4.96. The number of imidazole rings is 1. The van der Waals surface area contributed by atoms with Crippen molar-refractivity contribution in [2.24, 2.45) is 0 Å². The molecular formula is C16H21ClN4. The number of nitrogens with zero attached hydrogens (tertiary/aromatic N) is 4. The van der Waals surface area contributed by atoms with Crippen LogP contribution >= 0.6 is 11.6 Å². The lowest BCUT2D eigenvalue weighted by Gasteiger charge is -2.19. The van der Waals surface area contributed by atoms with Crippen molar-refractivity contribution in [2.75, 3.05) is 13.1 Å². The summed E-state index contributed by atoms with van der Waals surface area (Å²) in [6, 6.07) is 5.37. The van der Waals surface area contributed by atoms with Crippen LogP contribution in [-0.2, 0) is 0 Å². The average molecular weight is 305 g/mol. The number of alkyl halides is 1. The van der Waals surface area contributed by atoms with Crippen LogP contribution < -0.4 is 0 Å². The van der Waals surface area contributed by atoms with Crippen molar-refractivity contribution >= 4 is 22.8 Å². The molecule has 2 atom stereocenters. The molecule has 2 unspecified atom stereocenters. The summed E-state index contributed by atoms with van der Waals surface area (Å²) < 4.78 is 2.31. The molecule has 5 heteroatoms. The Bertz CT molecular complexity index is 674. The highest BCUT2D eigenvalue weighted by molar-refractivity contribution is 6.20. The Morgan fingerprint density at radius 1 is 1.19 bits per heavy atom. The minimum absolute atomic E-state index is 0.0884. The van der Waals surface area contributed by atoms with Gasteiger partial charge < -0.3 is 4.57 Å². The zero-order valence-electron chi connectivity index (χ0n) is 12.6. The molecule has 2 aromatic heterocycles. The van der Waals surface area contributed by atoms with Crippen LogP contribution in [0.25, 0.3) is 11.2 Å². The molecule has 0 bridgehead atoms. The van der Waals surface area contributed by atoms with Gasteiger partial charge in [0.2, 0.25) is 0 Å². The van der Waals surface area contributed by atoms with Gasteiger partial charge in [0.25, 0.3) is 0 Å². The van der Waals surface area contributed by atoms with E-state index in [1.807, 2.05) is 19.9 Å². The van der Waals surface area contributed by atoms with Crippen LogP contribution in [-0.4, -0.2) is 38.6 Å². The number of aromatic nitrogens is 3. The van der Waals surface area contributed by atoms with Crippen LogP contribution in [0.3, 0.4) is 0 Å². The van der Waals surface area contributed by atoms with E-state index in [1.165, 1.54) is 25.8 Å². The minimum atomic E-state index is -0.0884. The standard InChI is InChI=1S/C16H21ClN4/c1-10-3-6-14-16(18-10)21(15(19-14)11(2)17)13-7-8-20(9-13)12-4-5-12/h3,6,11-13H,4-5,7-9H2,1-2H3. The molecule has 3 heterocycles. The molecule has 0 spiro atoms. The first-order valence-corrected chi connectivity index (χ1v) is 8.30. The van der Waals surface area contributed by atoms with Crippen LogP contribution in [0.2, 0.25) is 0 Å². The predicted molar refractivity (Wildman–Crippen MR) is 84.8 cm³/mol. The lowest BCUT2D eigenvalue weighted by Crippen LogP contribution is -2.24. The summed E-state index contributed by atoms with van der Waals surface area (Å²) in [5.74, 6) is 0.965. The number of fused-ring (bicyclic) bond motifs is 1. The third-order valence-electron chi connectivity index (χ3n) is 4.68. The Balaban J connectivity index is 1.78. The van der Waals surface area contributed by atoms with E-state index in [2.05, 4.69) is 15.5 Å². The summed E-state index contributed by atoms with van der Waals surface area (Å²) in [6.07, 6.45) is 3.91. The molecule has 2 fully saturated rings. The van der Waals surface area contributed by atoms with Crippen LogP contribution in [0, 0.1) is 6.92 Å². The number of hydrogen-bond acceptors (Lipinski definition) is 3. The zero-order valence-corrected chi connectivity index (χ0v) is 13.3.